The van der Waals surface area contributed by atoms with E-state index >= 15 is 0 Å². The third-order valence-corrected chi connectivity index (χ3v) is 2.57. The lowest BCUT2D eigenvalue weighted by atomic mass is 10.2. The van der Waals surface area contributed by atoms with Gasteiger partial charge in [0, 0.05) is 26.1 Å². The van der Waals surface area contributed by atoms with Crippen LogP contribution >= 0.6 is 0 Å². The van der Waals surface area contributed by atoms with E-state index in [4.69, 9.17) is 0 Å². The first-order valence-electron chi connectivity index (χ1n) is 4.75. The Balaban J connectivity index is 0.000000720. The molecule has 0 radical (unpaired) electrons. The van der Waals surface area contributed by atoms with Gasteiger partial charge >= 0.3 is 0 Å². The van der Waals surface area contributed by atoms with Gasteiger partial charge in [0.1, 0.15) is 0 Å². The second-order valence-electron chi connectivity index (χ2n) is 3.45. The van der Waals surface area contributed by atoms with E-state index in [9.17, 15) is 0 Å². The zero-order valence-electron chi connectivity index (χ0n) is 7.55. The molecule has 0 atom stereocenters. The predicted octanol–water partition coefficient (Wildman–Crippen LogP) is 0.840. The van der Waals surface area contributed by atoms with Crippen LogP contribution in [0.1, 0.15) is 32.1 Å². The summed E-state index contributed by atoms with van der Waals surface area (Å²) in [6.45, 7) is 3.60. The topological polar surface area (TPSA) is 47.1 Å². The number of aliphatic imine (C=N–C) groups is 1. The van der Waals surface area contributed by atoms with E-state index < -0.39 is 0 Å². The average Bonchev–Trinajstić information content (AvgIpc) is 2.28. The van der Waals surface area contributed by atoms with Crippen LogP contribution in [0.5, 0.6) is 0 Å². The molecule has 2 rings (SSSR count). The van der Waals surface area contributed by atoms with Crippen molar-refractivity contribution in [3.05, 3.63) is 0 Å². The first-order chi connectivity index (χ1) is 5.47. The van der Waals surface area contributed by atoms with Crippen molar-refractivity contribution in [3.63, 3.8) is 0 Å². The zero-order valence-corrected chi connectivity index (χ0v) is 7.55. The third-order valence-electron chi connectivity index (χ3n) is 2.57. The summed E-state index contributed by atoms with van der Waals surface area (Å²) in [6.07, 6.45) is 6.63. The molecule has 0 saturated carbocycles. The number of fused-ring (bicyclic) bond motifs is 1. The molecule has 2 N–H and O–H groups in total. The Kier molecular flexibility index (Phi) is 3.53. The highest BCUT2D eigenvalue weighted by atomic mass is 16.0. The molecule has 3 nitrogen and oxygen atoms in total. The molecule has 70 valence electrons. The van der Waals surface area contributed by atoms with E-state index in [-0.39, 0.29) is 5.48 Å². The summed E-state index contributed by atoms with van der Waals surface area (Å²) in [5.74, 6) is 1.40. The molecule has 12 heavy (non-hydrogen) atoms. The molecule has 0 unspecified atom stereocenters. The summed E-state index contributed by atoms with van der Waals surface area (Å²) < 4.78 is 0. The van der Waals surface area contributed by atoms with Gasteiger partial charge in [0.25, 0.3) is 0 Å². The number of rotatable bonds is 0. The smallest absolute Gasteiger partial charge is 0.0988 e. The van der Waals surface area contributed by atoms with E-state index in [0.717, 1.165) is 6.54 Å². The van der Waals surface area contributed by atoms with Gasteiger partial charge in [-0.05, 0) is 19.3 Å². The van der Waals surface area contributed by atoms with Crippen molar-refractivity contribution in [2.45, 2.75) is 32.1 Å². The van der Waals surface area contributed by atoms with E-state index in [0.29, 0.717) is 0 Å². The van der Waals surface area contributed by atoms with Crippen LogP contribution in [-0.4, -0.2) is 35.8 Å². The Labute approximate surface area is 73.8 Å². The third kappa shape index (κ3) is 1.97. The zero-order chi connectivity index (χ0) is 7.52. The van der Waals surface area contributed by atoms with Crippen LogP contribution < -0.4 is 0 Å². The Morgan fingerprint density at radius 2 is 1.83 bits per heavy atom. The van der Waals surface area contributed by atoms with Crippen molar-refractivity contribution in [2.75, 3.05) is 19.6 Å². The largest absolute Gasteiger partial charge is 0.412 e. The molecule has 1 fully saturated rings. The quantitative estimate of drug-likeness (QED) is 0.531. The molecule has 0 spiro atoms. The molecule has 1 saturated heterocycles. The van der Waals surface area contributed by atoms with Crippen molar-refractivity contribution >= 4 is 5.84 Å². The Morgan fingerprint density at radius 3 is 2.75 bits per heavy atom. The first-order valence-corrected chi connectivity index (χ1v) is 4.75. The fraction of sp³-hybridized carbons (Fsp3) is 0.889. The van der Waals surface area contributed by atoms with Crippen LogP contribution in [-0.2, 0) is 0 Å². The predicted molar refractivity (Wildman–Crippen MR) is 50.6 cm³/mol. The standard InChI is InChI=1S/C9H16N2.H2O/c1-2-5-9-10-6-4-8-11(9)7-3-1;/h1-8H2;1H2. The van der Waals surface area contributed by atoms with Crippen LogP contribution in [0.4, 0.5) is 0 Å². The lowest BCUT2D eigenvalue weighted by Gasteiger charge is -2.27. The summed E-state index contributed by atoms with van der Waals surface area (Å²) in [5.41, 5.74) is 0. The van der Waals surface area contributed by atoms with E-state index in [1.165, 1.54) is 51.0 Å². The molecule has 2 aliphatic rings. The summed E-state index contributed by atoms with van der Waals surface area (Å²) in [4.78, 5) is 7.04. The molecule has 0 aliphatic carbocycles. The minimum absolute atomic E-state index is 0. The molecule has 0 bridgehead atoms. The summed E-state index contributed by atoms with van der Waals surface area (Å²) in [7, 11) is 0. The number of hydrogen-bond donors (Lipinski definition) is 0. The molecule has 0 aromatic heterocycles. The highest BCUT2D eigenvalue weighted by Gasteiger charge is 2.16. The van der Waals surface area contributed by atoms with Crippen molar-refractivity contribution in [3.8, 4) is 0 Å². The molecule has 2 aliphatic heterocycles. The number of hydrogen-bond acceptors (Lipinski definition) is 2. The van der Waals surface area contributed by atoms with Crippen molar-refractivity contribution in [1.29, 1.82) is 0 Å². The van der Waals surface area contributed by atoms with E-state index in [1.54, 1.807) is 0 Å². The second kappa shape index (κ2) is 4.45. The average molecular weight is 170 g/mol. The SMILES string of the molecule is C1CCC2=NCCCN2CC1.O. The van der Waals surface area contributed by atoms with Crippen LogP contribution in [0.25, 0.3) is 0 Å². The van der Waals surface area contributed by atoms with Crippen LogP contribution in [0.15, 0.2) is 4.99 Å². The van der Waals surface area contributed by atoms with Gasteiger partial charge in [0.05, 0.1) is 5.84 Å². The number of amidine groups is 1. The lowest BCUT2D eigenvalue weighted by Crippen LogP contribution is -2.34. The summed E-state index contributed by atoms with van der Waals surface area (Å²) in [6, 6.07) is 0. The fourth-order valence-corrected chi connectivity index (χ4v) is 1.94. The highest BCUT2D eigenvalue weighted by Crippen LogP contribution is 2.15. The van der Waals surface area contributed by atoms with Gasteiger partial charge in [-0.25, -0.2) is 0 Å². The maximum atomic E-state index is 4.55. The molecule has 2 heterocycles. The van der Waals surface area contributed by atoms with Crippen LogP contribution in [0.2, 0.25) is 0 Å². The van der Waals surface area contributed by atoms with Crippen molar-refractivity contribution in [1.82, 2.24) is 4.90 Å². The monoisotopic (exact) mass is 170 g/mol. The van der Waals surface area contributed by atoms with Gasteiger partial charge in [-0.15, -0.1) is 0 Å². The van der Waals surface area contributed by atoms with Crippen LogP contribution in [0.3, 0.4) is 0 Å². The maximum Gasteiger partial charge on any atom is 0.0988 e. The molecule has 0 amide bonds. The minimum atomic E-state index is 0. The van der Waals surface area contributed by atoms with Gasteiger partial charge in [-0.3, -0.25) is 4.99 Å². The van der Waals surface area contributed by atoms with E-state index in [1.807, 2.05) is 0 Å². The Morgan fingerprint density at radius 1 is 1.00 bits per heavy atom. The normalized spacial score (nSPS) is 23.3. The van der Waals surface area contributed by atoms with Gasteiger partial charge in [-0.2, -0.15) is 0 Å². The van der Waals surface area contributed by atoms with Gasteiger partial charge in [-0.1, -0.05) is 6.42 Å². The van der Waals surface area contributed by atoms with Crippen molar-refractivity contribution in [2.24, 2.45) is 4.99 Å². The molecule has 3 heteroatoms. The van der Waals surface area contributed by atoms with E-state index in [2.05, 4.69) is 9.89 Å². The lowest BCUT2D eigenvalue weighted by molar-refractivity contribution is 0.391. The Hall–Kier alpha value is -0.570. The first kappa shape index (κ1) is 9.52. The van der Waals surface area contributed by atoms with Crippen LogP contribution in [0, 0.1) is 0 Å². The maximum absolute atomic E-state index is 4.55. The highest BCUT2D eigenvalue weighted by molar-refractivity contribution is 5.83. The molecular weight excluding hydrogens is 152 g/mol. The Bertz CT molecular complexity index is 168. The minimum Gasteiger partial charge on any atom is -0.412 e. The van der Waals surface area contributed by atoms with Gasteiger partial charge < -0.3 is 10.4 Å². The van der Waals surface area contributed by atoms with Gasteiger partial charge in [0.2, 0.25) is 0 Å². The summed E-state index contributed by atoms with van der Waals surface area (Å²) in [5, 5.41) is 0. The van der Waals surface area contributed by atoms with Gasteiger partial charge in [0.15, 0.2) is 0 Å². The fourth-order valence-electron chi connectivity index (χ4n) is 1.94. The second-order valence-corrected chi connectivity index (χ2v) is 3.45. The molecular formula is C9H18N2O. The molecule has 0 aromatic carbocycles. The molecule has 0 aromatic rings. The van der Waals surface area contributed by atoms with Crippen molar-refractivity contribution < 1.29 is 5.48 Å². The number of nitrogens with zero attached hydrogens (tertiary/aromatic N) is 2. The summed E-state index contributed by atoms with van der Waals surface area (Å²) >= 11 is 0.